The minimum Gasteiger partial charge on any atom is -0.391 e. The first-order valence-electron chi connectivity index (χ1n) is 7.89. The molecule has 1 amide bonds. The van der Waals surface area contributed by atoms with Crippen molar-refractivity contribution in [3.63, 3.8) is 0 Å². The van der Waals surface area contributed by atoms with E-state index in [1.54, 1.807) is 17.3 Å². The number of aliphatic hydroxyl groups is 1. The van der Waals surface area contributed by atoms with Gasteiger partial charge < -0.3 is 10.0 Å². The topological polar surface area (TPSA) is 82.1 Å². The Balaban J connectivity index is 1.63. The average Bonchev–Trinajstić information content (AvgIpc) is 3.06. The van der Waals surface area contributed by atoms with E-state index in [-0.39, 0.29) is 11.8 Å². The number of nitrogens with zero attached hydrogens (tertiary/aromatic N) is 3. The fourth-order valence-corrected chi connectivity index (χ4v) is 3.18. The molecule has 0 radical (unpaired) electrons. The van der Waals surface area contributed by atoms with Crippen molar-refractivity contribution in [3.05, 3.63) is 47.0 Å². The first kappa shape index (κ1) is 15.7. The van der Waals surface area contributed by atoms with E-state index >= 15 is 0 Å². The molecule has 1 aliphatic heterocycles. The van der Waals surface area contributed by atoms with Gasteiger partial charge in [0, 0.05) is 42.7 Å². The Hall–Kier alpha value is -2.21. The maximum atomic E-state index is 12.5. The van der Waals surface area contributed by atoms with E-state index < -0.39 is 6.10 Å². The molecule has 1 fully saturated rings. The molecule has 6 nitrogen and oxygen atoms in total. The summed E-state index contributed by atoms with van der Waals surface area (Å²) in [6.07, 6.45) is 4.13. The highest BCUT2D eigenvalue weighted by atomic mass is 16.3. The Morgan fingerprint density at radius 3 is 2.74 bits per heavy atom. The van der Waals surface area contributed by atoms with Gasteiger partial charge in [0.05, 0.1) is 18.2 Å². The van der Waals surface area contributed by atoms with Crippen molar-refractivity contribution in [3.8, 4) is 0 Å². The van der Waals surface area contributed by atoms with Crippen LogP contribution in [-0.4, -0.2) is 50.3 Å². The van der Waals surface area contributed by atoms with Crippen LogP contribution in [0.15, 0.2) is 24.5 Å². The van der Waals surface area contributed by atoms with E-state index in [0.717, 1.165) is 28.9 Å². The lowest BCUT2D eigenvalue weighted by molar-refractivity contribution is -0.129. The number of β-amino-alcohol motifs (C(OH)–C–C–N with tert-alkyl or cyclic N) is 1. The fourth-order valence-electron chi connectivity index (χ4n) is 3.18. The highest BCUT2D eigenvalue weighted by Crippen LogP contribution is 2.22. The molecule has 0 aromatic carbocycles. The predicted octanol–water partition coefficient (Wildman–Crippen LogP) is 1.03. The van der Waals surface area contributed by atoms with Crippen LogP contribution in [0.3, 0.4) is 0 Å². The number of hydrogen-bond donors (Lipinski definition) is 2. The van der Waals surface area contributed by atoms with Gasteiger partial charge in [-0.15, -0.1) is 0 Å². The third-order valence-electron chi connectivity index (χ3n) is 4.62. The van der Waals surface area contributed by atoms with Crippen LogP contribution < -0.4 is 0 Å². The quantitative estimate of drug-likeness (QED) is 0.883. The number of rotatable bonds is 4. The maximum Gasteiger partial charge on any atom is 0.227 e. The van der Waals surface area contributed by atoms with Gasteiger partial charge in [-0.1, -0.05) is 0 Å². The Bertz CT molecular complexity index is 664. The normalized spacial score (nSPS) is 20.9. The van der Waals surface area contributed by atoms with Gasteiger partial charge in [0.15, 0.2) is 0 Å². The second-order valence-electron chi connectivity index (χ2n) is 6.28. The van der Waals surface area contributed by atoms with Gasteiger partial charge in [-0.05, 0) is 38.0 Å². The summed E-state index contributed by atoms with van der Waals surface area (Å²) < 4.78 is 0. The molecule has 0 aliphatic carbocycles. The smallest absolute Gasteiger partial charge is 0.227 e. The van der Waals surface area contributed by atoms with Gasteiger partial charge in [-0.2, -0.15) is 5.10 Å². The van der Waals surface area contributed by atoms with E-state index in [4.69, 9.17) is 0 Å². The molecular weight excluding hydrogens is 292 g/mol. The van der Waals surface area contributed by atoms with Crippen LogP contribution in [0.1, 0.15) is 22.5 Å². The SMILES string of the molecule is Cc1n[nH]c(C)c1CC(=O)N1C[C@@H](Cc2ccncc2)[C@H](O)C1. The zero-order valence-electron chi connectivity index (χ0n) is 13.5. The van der Waals surface area contributed by atoms with E-state index in [0.29, 0.717) is 19.5 Å². The van der Waals surface area contributed by atoms with Crippen LogP contribution in [-0.2, 0) is 17.6 Å². The Morgan fingerprint density at radius 2 is 2.09 bits per heavy atom. The molecule has 6 heteroatoms. The number of likely N-dealkylation sites (tertiary alicyclic amines) is 1. The van der Waals surface area contributed by atoms with Crippen molar-refractivity contribution in [2.24, 2.45) is 5.92 Å². The van der Waals surface area contributed by atoms with Gasteiger partial charge in [-0.25, -0.2) is 0 Å². The first-order chi connectivity index (χ1) is 11.0. The van der Waals surface area contributed by atoms with E-state index in [1.807, 2.05) is 26.0 Å². The van der Waals surface area contributed by atoms with Crippen molar-refractivity contribution in [1.82, 2.24) is 20.1 Å². The van der Waals surface area contributed by atoms with Crippen LogP contribution in [0.2, 0.25) is 0 Å². The van der Waals surface area contributed by atoms with Gasteiger partial charge in [0.25, 0.3) is 0 Å². The second kappa shape index (κ2) is 6.50. The number of aromatic nitrogens is 3. The fraction of sp³-hybridized carbons (Fsp3) is 0.471. The number of aliphatic hydroxyl groups excluding tert-OH is 1. The van der Waals surface area contributed by atoms with Crippen molar-refractivity contribution >= 4 is 5.91 Å². The zero-order chi connectivity index (χ0) is 16.4. The minimum atomic E-state index is -0.473. The lowest BCUT2D eigenvalue weighted by atomic mass is 9.97. The molecular formula is C17H22N4O2. The standard InChI is InChI=1S/C17H22N4O2/c1-11-15(12(2)20-19-11)8-17(23)21-9-14(16(22)10-21)7-13-3-5-18-6-4-13/h3-6,14,16,22H,7-10H2,1-2H3,(H,19,20)/t14-,16-/m1/s1. The van der Waals surface area contributed by atoms with Crippen LogP contribution in [0.25, 0.3) is 0 Å². The summed E-state index contributed by atoms with van der Waals surface area (Å²) in [6.45, 7) is 4.83. The highest BCUT2D eigenvalue weighted by molar-refractivity contribution is 5.79. The second-order valence-corrected chi connectivity index (χ2v) is 6.28. The summed E-state index contributed by atoms with van der Waals surface area (Å²) in [4.78, 5) is 18.3. The lowest BCUT2D eigenvalue weighted by Crippen LogP contribution is -2.31. The summed E-state index contributed by atoms with van der Waals surface area (Å²) in [5.41, 5.74) is 3.90. The number of carbonyl (C=O) groups is 1. The summed E-state index contributed by atoms with van der Waals surface area (Å²) in [7, 11) is 0. The number of H-pyrrole nitrogens is 1. The zero-order valence-corrected chi connectivity index (χ0v) is 13.5. The molecule has 1 aliphatic rings. The van der Waals surface area contributed by atoms with E-state index in [9.17, 15) is 9.90 Å². The molecule has 3 rings (SSSR count). The first-order valence-corrected chi connectivity index (χ1v) is 7.89. The lowest BCUT2D eigenvalue weighted by Gasteiger charge is -2.16. The Labute approximate surface area is 135 Å². The van der Waals surface area contributed by atoms with Crippen molar-refractivity contribution in [1.29, 1.82) is 0 Å². The molecule has 2 aromatic heterocycles. The third-order valence-corrected chi connectivity index (χ3v) is 4.62. The van der Waals surface area contributed by atoms with Crippen molar-refractivity contribution in [2.75, 3.05) is 13.1 Å². The molecule has 2 N–H and O–H groups in total. The third kappa shape index (κ3) is 3.42. The Morgan fingerprint density at radius 1 is 1.35 bits per heavy atom. The molecule has 1 saturated heterocycles. The van der Waals surface area contributed by atoms with E-state index in [1.165, 1.54) is 0 Å². The number of amides is 1. The largest absolute Gasteiger partial charge is 0.391 e. The summed E-state index contributed by atoms with van der Waals surface area (Å²) in [6, 6.07) is 3.91. The van der Waals surface area contributed by atoms with Crippen LogP contribution in [0.4, 0.5) is 0 Å². The monoisotopic (exact) mass is 314 g/mol. The van der Waals surface area contributed by atoms with E-state index in [2.05, 4.69) is 15.2 Å². The number of nitrogens with one attached hydrogen (secondary N) is 1. The molecule has 0 unspecified atom stereocenters. The minimum absolute atomic E-state index is 0.0499. The number of aryl methyl sites for hydroxylation is 2. The predicted molar refractivity (Wildman–Crippen MR) is 85.8 cm³/mol. The average molecular weight is 314 g/mol. The summed E-state index contributed by atoms with van der Waals surface area (Å²) in [5, 5.41) is 17.3. The molecule has 122 valence electrons. The van der Waals surface area contributed by atoms with Crippen molar-refractivity contribution in [2.45, 2.75) is 32.8 Å². The number of carbonyl (C=O) groups excluding carboxylic acids is 1. The number of aromatic amines is 1. The van der Waals surface area contributed by atoms with Crippen LogP contribution in [0.5, 0.6) is 0 Å². The van der Waals surface area contributed by atoms with Gasteiger partial charge >= 0.3 is 0 Å². The molecule has 23 heavy (non-hydrogen) atoms. The molecule has 2 aromatic rings. The maximum absolute atomic E-state index is 12.5. The summed E-state index contributed by atoms with van der Waals surface area (Å²) in [5.74, 6) is 0.127. The Kier molecular flexibility index (Phi) is 4.43. The molecule has 3 heterocycles. The molecule has 0 saturated carbocycles. The van der Waals surface area contributed by atoms with Crippen LogP contribution >= 0.6 is 0 Å². The molecule has 0 bridgehead atoms. The van der Waals surface area contributed by atoms with Crippen molar-refractivity contribution < 1.29 is 9.90 Å². The molecule has 2 atom stereocenters. The van der Waals surface area contributed by atoms with Crippen LogP contribution in [0, 0.1) is 19.8 Å². The van der Waals surface area contributed by atoms with Gasteiger partial charge in [0.2, 0.25) is 5.91 Å². The highest BCUT2D eigenvalue weighted by Gasteiger charge is 2.34. The molecule has 0 spiro atoms. The number of pyridine rings is 1. The summed E-state index contributed by atoms with van der Waals surface area (Å²) >= 11 is 0. The number of hydrogen-bond acceptors (Lipinski definition) is 4. The van der Waals surface area contributed by atoms with Gasteiger partial charge in [-0.3, -0.25) is 14.9 Å². The van der Waals surface area contributed by atoms with Gasteiger partial charge in [0.1, 0.15) is 0 Å².